The third-order valence-electron chi connectivity index (χ3n) is 5.37. The van der Waals surface area contributed by atoms with Gasteiger partial charge < -0.3 is 14.1 Å². The fourth-order valence-electron chi connectivity index (χ4n) is 3.62. The number of aromatic amines is 1. The topological polar surface area (TPSA) is 127 Å². The number of hydrazone groups is 1. The van der Waals surface area contributed by atoms with Gasteiger partial charge in [0.2, 0.25) is 0 Å². The van der Waals surface area contributed by atoms with Gasteiger partial charge in [-0.15, -0.1) is 11.3 Å². The van der Waals surface area contributed by atoms with Gasteiger partial charge in [-0.3, -0.25) is 4.79 Å². The lowest BCUT2D eigenvalue weighted by molar-refractivity contribution is 0.0950. The van der Waals surface area contributed by atoms with Gasteiger partial charge >= 0.3 is 0 Å². The molecular weight excluding hydrogens is 512 g/mol. The second-order valence-corrected chi connectivity index (χ2v) is 11.2. The van der Waals surface area contributed by atoms with Crippen LogP contribution >= 0.6 is 11.3 Å². The van der Waals surface area contributed by atoms with Crippen molar-refractivity contribution in [2.75, 3.05) is 0 Å². The van der Waals surface area contributed by atoms with E-state index in [4.69, 9.17) is 9.15 Å². The number of aromatic nitrogens is 2. The number of carbonyl (C=O) groups is 1. The smallest absolute Gasteiger partial charge is 0.290 e. The Morgan fingerprint density at radius 1 is 1.14 bits per heavy atom. The molecule has 188 valence electrons. The summed E-state index contributed by atoms with van der Waals surface area (Å²) in [6, 6.07) is 18.9. The molecule has 3 heterocycles. The minimum atomic E-state index is -3.48. The quantitative estimate of drug-likeness (QED) is 0.198. The highest BCUT2D eigenvalue weighted by Crippen LogP contribution is 2.23. The first-order valence-corrected chi connectivity index (χ1v) is 13.9. The van der Waals surface area contributed by atoms with E-state index in [1.807, 2.05) is 48.5 Å². The van der Waals surface area contributed by atoms with Crippen LogP contribution in [0.1, 0.15) is 32.4 Å². The summed E-state index contributed by atoms with van der Waals surface area (Å²) in [5.74, 6) is 0.0639. The summed E-state index contributed by atoms with van der Waals surface area (Å²) in [5.41, 5.74) is 5.28. The van der Waals surface area contributed by atoms with E-state index in [0.29, 0.717) is 17.4 Å². The SMILES string of the molecule is O=C(N/N=C/c1c[nH]c2cc(OCc3ccccc3)ccc12)c1csc(CS(=O)(=O)Cc2ccco2)n1. The largest absolute Gasteiger partial charge is 0.489 e. The van der Waals surface area contributed by atoms with Crippen molar-refractivity contribution in [3.8, 4) is 5.75 Å². The van der Waals surface area contributed by atoms with Crippen LogP contribution in [0.15, 0.2) is 88.0 Å². The molecule has 5 aromatic rings. The summed E-state index contributed by atoms with van der Waals surface area (Å²) in [7, 11) is -3.48. The standard InChI is InChI=1S/C26H22N4O5S2/c31-26(24-15-36-25(29-24)17-37(32,33)16-21-7-4-10-34-21)30-28-13-19-12-27-23-11-20(8-9-22(19)23)35-14-18-5-2-1-3-6-18/h1-13,15,27H,14,16-17H2,(H,30,31)/b28-13+. The predicted molar refractivity (Wildman–Crippen MR) is 141 cm³/mol. The van der Waals surface area contributed by atoms with Crippen LogP contribution in [0, 0.1) is 0 Å². The molecule has 9 nitrogen and oxygen atoms in total. The second kappa shape index (κ2) is 10.8. The molecule has 0 atom stereocenters. The lowest BCUT2D eigenvalue weighted by Crippen LogP contribution is -2.18. The first-order valence-electron chi connectivity index (χ1n) is 11.2. The van der Waals surface area contributed by atoms with E-state index in [-0.39, 0.29) is 17.2 Å². The molecule has 0 aliphatic heterocycles. The Balaban J connectivity index is 1.17. The molecule has 3 aromatic heterocycles. The van der Waals surface area contributed by atoms with E-state index in [9.17, 15) is 13.2 Å². The number of thiazole rings is 1. The van der Waals surface area contributed by atoms with E-state index in [2.05, 4.69) is 20.5 Å². The van der Waals surface area contributed by atoms with Crippen LogP contribution in [0.4, 0.5) is 0 Å². The predicted octanol–water partition coefficient (Wildman–Crippen LogP) is 4.68. The van der Waals surface area contributed by atoms with Crippen LogP contribution in [-0.4, -0.2) is 30.5 Å². The fraction of sp³-hybridized carbons (Fsp3) is 0.115. The molecule has 1 amide bonds. The number of benzene rings is 2. The van der Waals surface area contributed by atoms with Gasteiger partial charge in [-0.2, -0.15) is 5.10 Å². The van der Waals surface area contributed by atoms with Gasteiger partial charge in [-0.25, -0.2) is 18.8 Å². The van der Waals surface area contributed by atoms with E-state index in [1.165, 1.54) is 17.9 Å². The molecule has 2 aromatic carbocycles. The highest BCUT2D eigenvalue weighted by molar-refractivity contribution is 7.89. The molecule has 0 unspecified atom stereocenters. The monoisotopic (exact) mass is 534 g/mol. The minimum absolute atomic E-state index is 0.101. The average Bonchev–Trinajstić information content (AvgIpc) is 3.65. The fourth-order valence-corrected chi connectivity index (χ4v) is 6.12. The molecule has 11 heteroatoms. The molecule has 0 radical (unpaired) electrons. The Morgan fingerprint density at radius 2 is 2.00 bits per heavy atom. The van der Waals surface area contributed by atoms with E-state index >= 15 is 0 Å². The number of nitrogens with zero attached hydrogens (tertiary/aromatic N) is 2. The lowest BCUT2D eigenvalue weighted by atomic mass is 10.2. The first kappa shape index (κ1) is 24.5. The Hall–Kier alpha value is -4.22. The van der Waals surface area contributed by atoms with Gasteiger partial charge in [-0.05, 0) is 29.8 Å². The van der Waals surface area contributed by atoms with E-state index < -0.39 is 15.7 Å². The maximum atomic E-state index is 12.4. The normalized spacial score (nSPS) is 11.8. The highest BCUT2D eigenvalue weighted by atomic mass is 32.2. The number of hydrogen-bond acceptors (Lipinski definition) is 8. The number of carbonyl (C=O) groups excluding carboxylic acids is 1. The zero-order chi connectivity index (χ0) is 25.7. The summed E-state index contributed by atoms with van der Waals surface area (Å²) >= 11 is 1.10. The summed E-state index contributed by atoms with van der Waals surface area (Å²) in [6.45, 7) is 0.474. The summed E-state index contributed by atoms with van der Waals surface area (Å²) < 4.78 is 35.7. The van der Waals surface area contributed by atoms with Crippen LogP contribution in [-0.2, 0) is 27.9 Å². The average molecular weight is 535 g/mol. The molecule has 0 fully saturated rings. The van der Waals surface area contributed by atoms with Crippen LogP contribution in [0.3, 0.4) is 0 Å². The van der Waals surface area contributed by atoms with Gasteiger partial charge in [0, 0.05) is 34.1 Å². The summed E-state index contributed by atoms with van der Waals surface area (Å²) in [5, 5.41) is 6.78. The molecule has 37 heavy (non-hydrogen) atoms. The number of hydrogen-bond donors (Lipinski definition) is 2. The van der Waals surface area contributed by atoms with Crippen LogP contribution < -0.4 is 10.2 Å². The van der Waals surface area contributed by atoms with Crippen LogP contribution in [0.2, 0.25) is 0 Å². The molecule has 5 rings (SSSR count). The van der Waals surface area contributed by atoms with Crippen molar-refractivity contribution in [3.63, 3.8) is 0 Å². The Morgan fingerprint density at radius 3 is 2.81 bits per heavy atom. The molecule has 2 N–H and O–H groups in total. The van der Waals surface area contributed by atoms with Crippen molar-refractivity contribution in [1.29, 1.82) is 0 Å². The molecular formula is C26H22N4O5S2. The summed E-state index contributed by atoms with van der Waals surface area (Å²) in [6.07, 6.45) is 4.74. The van der Waals surface area contributed by atoms with Crippen LogP contribution in [0.5, 0.6) is 5.75 Å². The Bertz CT molecular complexity index is 1640. The number of nitrogens with one attached hydrogen (secondary N) is 2. The van der Waals surface area contributed by atoms with E-state index in [0.717, 1.165) is 39.1 Å². The Labute approximate surface area is 216 Å². The zero-order valence-electron chi connectivity index (χ0n) is 19.5. The third-order valence-corrected chi connectivity index (χ3v) is 7.84. The number of furan rings is 1. The van der Waals surface area contributed by atoms with Gasteiger partial charge in [0.1, 0.15) is 40.3 Å². The molecule has 0 aliphatic carbocycles. The number of amides is 1. The number of ether oxygens (including phenoxy) is 1. The lowest BCUT2D eigenvalue weighted by Gasteiger charge is -2.06. The number of fused-ring (bicyclic) bond motifs is 1. The van der Waals surface area contributed by atoms with Gasteiger partial charge in [0.25, 0.3) is 5.91 Å². The van der Waals surface area contributed by atoms with Gasteiger partial charge in [0.05, 0.1) is 12.5 Å². The maximum Gasteiger partial charge on any atom is 0.290 e. The van der Waals surface area contributed by atoms with Crippen LogP contribution in [0.25, 0.3) is 10.9 Å². The zero-order valence-corrected chi connectivity index (χ0v) is 21.1. The first-order chi connectivity index (χ1) is 17.9. The molecule has 0 saturated carbocycles. The highest BCUT2D eigenvalue weighted by Gasteiger charge is 2.19. The van der Waals surface area contributed by atoms with Gasteiger partial charge in [-0.1, -0.05) is 30.3 Å². The molecule has 0 saturated heterocycles. The van der Waals surface area contributed by atoms with Gasteiger partial charge in [0.15, 0.2) is 9.84 Å². The van der Waals surface area contributed by atoms with Crippen molar-refractivity contribution in [3.05, 3.63) is 106 Å². The number of H-pyrrole nitrogens is 1. The van der Waals surface area contributed by atoms with Crippen molar-refractivity contribution < 1.29 is 22.4 Å². The molecule has 0 spiro atoms. The molecule has 0 bridgehead atoms. The maximum absolute atomic E-state index is 12.4. The van der Waals surface area contributed by atoms with Crippen molar-refractivity contribution >= 4 is 44.2 Å². The van der Waals surface area contributed by atoms with E-state index in [1.54, 1.807) is 18.3 Å². The van der Waals surface area contributed by atoms with Crippen molar-refractivity contribution in [2.45, 2.75) is 18.1 Å². The molecule has 0 aliphatic rings. The van der Waals surface area contributed by atoms with Crippen molar-refractivity contribution in [1.82, 2.24) is 15.4 Å². The third kappa shape index (κ3) is 6.32. The van der Waals surface area contributed by atoms with Crippen molar-refractivity contribution in [2.24, 2.45) is 5.10 Å². The second-order valence-electron chi connectivity index (χ2n) is 8.16. The minimum Gasteiger partial charge on any atom is -0.489 e. The number of sulfone groups is 1. The number of rotatable bonds is 10. The summed E-state index contributed by atoms with van der Waals surface area (Å²) in [4.78, 5) is 19.8. The Kier molecular flexibility index (Phi) is 7.15.